The standard InChI is InChI=1S/C44H70FN3O5/c1-11-12-19-37(39(49)24-33-27-43(7,8)48(53)44(9,10)28-33)46-41(51)35(30(4)5)26-40(50)38-20-16-21-47(38)42(52)34(23-32-17-14-13-15-18-32)25-36(45)31(6)22-29(2)3/h13-15,17-18,25,29-31,33-35,37-38,53H,11-12,16,19-24,26-28H2,1-10H3,(H,46,51)/b36-25-/t31-,34-,35-,37-,38-/m0/s1. The maximum Gasteiger partial charge on any atom is 0.230 e. The van der Waals surface area contributed by atoms with E-state index in [1.165, 1.54) is 11.1 Å². The molecule has 2 N–H and O–H groups in total. The van der Waals surface area contributed by atoms with Gasteiger partial charge in [-0.2, -0.15) is 5.06 Å². The number of benzene rings is 1. The van der Waals surface area contributed by atoms with Gasteiger partial charge in [0, 0.05) is 42.3 Å². The van der Waals surface area contributed by atoms with Gasteiger partial charge in [-0.05, 0) is 102 Å². The van der Waals surface area contributed by atoms with Gasteiger partial charge in [0.05, 0.1) is 23.8 Å². The molecule has 0 radical (unpaired) electrons. The van der Waals surface area contributed by atoms with Gasteiger partial charge in [-0.25, -0.2) is 4.39 Å². The fourth-order valence-corrected chi connectivity index (χ4v) is 8.87. The van der Waals surface area contributed by atoms with E-state index in [1.807, 2.05) is 78.8 Å². The van der Waals surface area contributed by atoms with Crippen molar-refractivity contribution < 1.29 is 28.8 Å². The van der Waals surface area contributed by atoms with Gasteiger partial charge in [0.25, 0.3) is 0 Å². The molecule has 3 rings (SSSR count). The SMILES string of the molecule is CCCC[C@H](NC(=O)[C@@H](CC(=O)[C@@H]1CCCN1C(=O)[C@H](/C=C(\F)[C@@H](C)CC(C)C)Cc1ccccc1)C(C)C)C(=O)CC1CC(C)(C)N(O)C(C)(C)C1. The van der Waals surface area contributed by atoms with Crippen LogP contribution in [0.5, 0.6) is 0 Å². The highest BCUT2D eigenvalue weighted by atomic mass is 19.1. The molecule has 298 valence electrons. The Hall–Kier alpha value is -2.91. The number of piperidine rings is 1. The van der Waals surface area contributed by atoms with Crippen molar-refractivity contribution in [2.75, 3.05) is 6.54 Å². The summed E-state index contributed by atoms with van der Waals surface area (Å²) in [6, 6.07) is 8.24. The number of carbonyl (C=O) groups excluding carboxylic acids is 4. The average molecular weight is 740 g/mol. The van der Waals surface area contributed by atoms with Crippen LogP contribution in [0.2, 0.25) is 0 Å². The van der Waals surface area contributed by atoms with Crippen LogP contribution in [0.1, 0.15) is 139 Å². The molecule has 2 amide bonds. The summed E-state index contributed by atoms with van der Waals surface area (Å²) in [5.41, 5.74) is -0.0411. The molecule has 53 heavy (non-hydrogen) atoms. The molecule has 0 aromatic heterocycles. The number of Topliss-reactive ketones (excluding diaryl/α,β-unsaturated/α-hetero) is 2. The van der Waals surface area contributed by atoms with E-state index in [0.717, 1.165) is 18.4 Å². The number of hydrogen-bond acceptors (Lipinski definition) is 6. The summed E-state index contributed by atoms with van der Waals surface area (Å²) in [5, 5.41) is 15.2. The second kappa shape index (κ2) is 19.6. The highest BCUT2D eigenvalue weighted by Crippen LogP contribution is 2.41. The topological polar surface area (TPSA) is 107 Å². The van der Waals surface area contributed by atoms with Gasteiger partial charge in [-0.15, -0.1) is 0 Å². The molecule has 2 heterocycles. The summed E-state index contributed by atoms with van der Waals surface area (Å²) in [6.45, 7) is 20.2. The van der Waals surface area contributed by atoms with E-state index >= 15 is 4.39 Å². The zero-order chi connectivity index (χ0) is 39.7. The first-order valence-corrected chi connectivity index (χ1v) is 20.3. The van der Waals surface area contributed by atoms with E-state index in [-0.39, 0.29) is 53.4 Å². The Bertz CT molecular complexity index is 1390. The maximum atomic E-state index is 15.6. The number of nitrogens with one attached hydrogen (secondary N) is 1. The third-order valence-electron chi connectivity index (χ3n) is 11.5. The second-order valence-corrected chi connectivity index (χ2v) is 18.2. The van der Waals surface area contributed by atoms with E-state index in [1.54, 1.807) is 4.90 Å². The van der Waals surface area contributed by atoms with Crippen molar-refractivity contribution in [1.82, 2.24) is 15.3 Å². The van der Waals surface area contributed by atoms with E-state index in [9.17, 15) is 24.4 Å². The molecule has 2 aliphatic rings. The van der Waals surface area contributed by atoms with Gasteiger partial charge in [0.2, 0.25) is 11.8 Å². The van der Waals surface area contributed by atoms with Crippen LogP contribution in [-0.4, -0.2) is 68.3 Å². The molecule has 0 saturated carbocycles. The number of nitrogens with zero attached hydrogens (tertiary/aromatic N) is 2. The van der Waals surface area contributed by atoms with Crippen molar-refractivity contribution in [3.63, 3.8) is 0 Å². The number of allylic oxidation sites excluding steroid dienone is 1. The predicted molar refractivity (Wildman–Crippen MR) is 210 cm³/mol. The van der Waals surface area contributed by atoms with Crippen molar-refractivity contribution in [3.05, 3.63) is 47.8 Å². The van der Waals surface area contributed by atoms with Crippen molar-refractivity contribution in [3.8, 4) is 0 Å². The Labute approximate surface area is 319 Å². The Morgan fingerprint density at radius 2 is 1.62 bits per heavy atom. The minimum atomic E-state index is -0.754. The number of hydroxylamine groups is 2. The first kappa shape index (κ1) is 44.5. The molecule has 9 heteroatoms. The molecule has 0 unspecified atom stereocenters. The molecule has 2 saturated heterocycles. The molecular formula is C44H70FN3O5. The molecule has 1 aromatic carbocycles. The molecule has 0 aliphatic carbocycles. The fraction of sp³-hybridized carbons (Fsp3) is 0.727. The zero-order valence-corrected chi connectivity index (χ0v) is 34.4. The van der Waals surface area contributed by atoms with Gasteiger partial charge >= 0.3 is 0 Å². The number of likely N-dealkylation sites (tertiary alicyclic amines) is 1. The Morgan fingerprint density at radius 1 is 1.00 bits per heavy atom. The van der Waals surface area contributed by atoms with Crippen LogP contribution in [0.4, 0.5) is 4.39 Å². The summed E-state index contributed by atoms with van der Waals surface area (Å²) in [6.07, 6.45) is 7.42. The molecular weight excluding hydrogens is 669 g/mol. The largest absolute Gasteiger partial charge is 0.346 e. The van der Waals surface area contributed by atoms with E-state index < -0.39 is 35.0 Å². The van der Waals surface area contributed by atoms with Crippen molar-refractivity contribution >= 4 is 23.4 Å². The molecule has 2 fully saturated rings. The third-order valence-corrected chi connectivity index (χ3v) is 11.5. The molecule has 8 nitrogen and oxygen atoms in total. The normalized spacial score (nSPS) is 21.7. The Morgan fingerprint density at radius 3 is 2.19 bits per heavy atom. The van der Waals surface area contributed by atoms with Gasteiger partial charge in [0.1, 0.15) is 0 Å². The number of rotatable bonds is 19. The molecule has 1 aromatic rings. The minimum absolute atomic E-state index is 0.0105. The summed E-state index contributed by atoms with van der Waals surface area (Å²) >= 11 is 0. The number of ketones is 2. The lowest BCUT2D eigenvalue weighted by Crippen LogP contribution is -2.59. The van der Waals surface area contributed by atoms with Crippen LogP contribution in [-0.2, 0) is 25.6 Å². The zero-order valence-electron chi connectivity index (χ0n) is 34.4. The third kappa shape index (κ3) is 12.6. The lowest BCUT2D eigenvalue weighted by molar-refractivity contribution is -0.251. The van der Waals surface area contributed by atoms with Crippen LogP contribution in [0, 0.1) is 35.5 Å². The van der Waals surface area contributed by atoms with Crippen LogP contribution < -0.4 is 5.32 Å². The lowest BCUT2D eigenvalue weighted by Gasteiger charge is -2.51. The smallest absolute Gasteiger partial charge is 0.230 e. The van der Waals surface area contributed by atoms with Crippen molar-refractivity contribution in [2.45, 2.75) is 163 Å². The van der Waals surface area contributed by atoms with E-state index in [0.29, 0.717) is 63.8 Å². The minimum Gasteiger partial charge on any atom is -0.346 e. The Balaban J connectivity index is 1.77. The van der Waals surface area contributed by atoms with Gasteiger partial charge in [-0.1, -0.05) is 84.7 Å². The summed E-state index contributed by atoms with van der Waals surface area (Å²) < 4.78 is 15.6. The van der Waals surface area contributed by atoms with Gasteiger partial charge in [0.15, 0.2) is 11.6 Å². The van der Waals surface area contributed by atoms with Crippen LogP contribution in [0.25, 0.3) is 0 Å². The number of unbranched alkanes of at least 4 members (excludes halogenated alkanes) is 1. The van der Waals surface area contributed by atoms with Crippen LogP contribution in [0.3, 0.4) is 0 Å². The predicted octanol–water partition coefficient (Wildman–Crippen LogP) is 8.90. The summed E-state index contributed by atoms with van der Waals surface area (Å²) in [5.74, 6) is -2.58. The number of hydrogen-bond donors (Lipinski definition) is 2. The quantitative estimate of drug-likeness (QED) is 0.147. The molecule has 5 atom stereocenters. The van der Waals surface area contributed by atoms with Crippen molar-refractivity contribution in [2.24, 2.45) is 35.5 Å². The highest BCUT2D eigenvalue weighted by molar-refractivity contribution is 5.95. The number of halogens is 1. The first-order chi connectivity index (χ1) is 24.8. The Kier molecular flexibility index (Phi) is 16.5. The van der Waals surface area contributed by atoms with Gasteiger partial charge in [-0.3, -0.25) is 19.2 Å². The van der Waals surface area contributed by atoms with Crippen molar-refractivity contribution in [1.29, 1.82) is 0 Å². The second-order valence-electron chi connectivity index (χ2n) is 18.2. The number of amides is 2. The van der Waals surface area contributed by atoms with E-state index in [2.05, 4.69) is 26.1 Å². The summed E-state index contributed by atoms with van der Waals surface area (Å²) in [7, 11) is 0. The maximum absolute atomic E-state index is 15.6. The first-order valence-electron chi connectivity index (χ1n) is 20.3. The average Bonchev–Trinajstić information content (AvgIpc) is 3.57. The fourth-order valence-electron chi connectivity index (χ4n) is 8.87. The molecule has 2 aliphatic heterocycles. The van der Waals surface area contributed by atoms with Gasteiger partial charge < -0.3 is 15.4 Å². The number of carbonyl (C=O) groups is 4. The van der Waals surface area contributed by atoms with E-state index in [4.69, 9.17) is 0 Å². The molecule has 0 spiro atoms. The van der Waals surface area contributed by atoms with Crippen LogP contribution in [0.15, 0.2) is 42.2 Å². The summed E-state index contributed by atoms with van der Waals surface area (Å²) in [4.78, 5) is 57.7. The van der Waals surface area contributed by atoms with Crippen LogP contribution >= 0.6 is 0 Å². The highest BCUT2D eigenvalue weighted by Gasteiger charge is 2.46. The molecule has 0 bridgehead atoms. The lowest BCUT2D eigenvalue weighted by atomic mass is 9.73. The monoisotopic (exact) mass is 740 g/mol.